The van der Waals surface area contributed by atoms with Gasteiger partial charge in [-0.1, -0.05) is 35.6 Å². The average Bonchev–Trinajstić information content (AvgIpc) is 3.74. The van der Waals surface area contributed by atoms with E-state index >= 15 is 0 Å². The number of nitrogen functional groups attached to an aromatic ring is 1. The number of nitrogens with zero attached hydrogens (tertiary/aromatic N) is 7. The van der Waals surface area contributed by atoms with Crippen molar-refractivity contribution in [3.8, 4) is 17.6 Å². The Bertz CT molecular complexity index is 2410. The van der Waals surface area contributed by atoms with Crippen molar-refractivity contribution in [2.75, 3.05) is 46.6 Å². The Morgan fingerprint density at radius 3 is 2.57 bits per heavy atom. The van der Waals surface area contributed by atoms with Crippen LogP contribution in [0.25, 0.3) is 11.0 Å². The van der Waals surface area contributed by atoms with E-state index in [1.165, 1.54) is 4.90 Å². The van der Waals surface area contributed by atoms with Gasteiger partial charge in [0.2, 0.25) is 5.95 Å². The zero-order chi connectivity index (χ0) is 40.1. The van der Waals surface area contributed by atoms with Gasteiger partial charge in [-0.3, -0.25) is 14.6 Å². The van der Waals surface area contributed by atoms with Crippen LogP contribution in [-0.4, -0.2) is 98.8 Å². The number of aryl methyl sites for hydroxylation is 3. The van der Waals surface area contributed by atoms with Crippen molar-refractivity contribution >= 4 is 58.0 Å². The molecule has 0 fully saturated rings. The molecule has 0 radical (unpaired) electrons. The summed E-state index contributed by atoms with van der Waals surface area (Å²) in [7, 11) is 4.93. The third kappa shape index (κ3) is 8.61. The summed E-state index contributed by atoms with van der Waals surface area (Å²) >= 11 is 6.50. The summed E-state index contributed by atoms with van der Waals surface area (Å²) in [6, 6.07) is 7.37. The number of hydrogen-bond donors (Lipinski definition) is 3. The quantitative estimate of drug-likeness (QED) is 0.0879. The van der Waals surface area contributed by atoms with Crippen LogP contribution >= 0.6 is 11.6 Å². The number of amides is 2. The normalized spacial score (nSPS) is 12.1. The smallest absolute Gasteiger partial charge is 0.409 e. The first-order valence-corrected chi connectivity index (χ1v) is 18.3. The number of methoxy groups -OCH3 is 1. The zero-order valence-corrected chi connectivity index (χ0v) is 32.7. The number of Topliss-reactive ketones (excluding diaryl/α,β-unsaturated/α-hetero) is 1. The van der Waals surface area contributed by atoms with Gasteiger partial charge in [0, 0.05) is 68.9 Å². The van der Waals surface area contributed by atoms with Crippen LogP contribution < -0.4 is 16.2 Å². The fourth-order valence-corrected chi connectivity index (χ4v) is 6.79. The first-order valence-electron chi connectivity index (χ1n) is 17.9. The third-order valence-corrected chi connectivity index (χ3v) is 9.84. The van der Waals surface area contributed by atoms with E-state index in [1.807, 2.05) is 36.7 Å². The maximum atomic E-state index is 13.1. The summed E-state index contributed by atoms with van der Waals surface area (Å²) in [5, 5.41) is 0.738. The van der Waals surface area contributed by atoms with E-state index in [0.717, 1.165) is 33.7 Å². The highest BCUT2D eigenvalue weighted by Crippen LogP contribution is 2.30. The number of aromatic amines is 1. The maximum Gasteiger partial charge on any atom is 0.409 e. The molecule has 0 aliphatic carbocycles. The van der Waals surface area contributed by atoms with Gasteiger partial charge in [0.1, 0.15) is 34.8 Å². The van der Waals surface area contributed by atoms with Gasteiger partial charge in [-0.15, -0.1) is 0 Å². The number of anilines is 1. The van der Waals surface area contributed by atoms with Crippen LogP contribution in [0, 0.1) is 25.7 Å². The molecular formula is C40H43ClN10O5. The molecule has 0 saturated heterocycles. The molecule has 290 valence electrons. The highest BCUT2D eigenvalue weighted by atomic mass is 35.5. The second-order valence-electron chi connectivity index (χ2n) is 13.5. The predicted octanol–water partition coefficient (Wildman–Crippen LogP) is 5.01. The summed E-state index contributed by atoms with van der Waals surface area (Å²) < 4.78 is 12.9. The summed E-state index contributed by atoms with van der Waals surface area (Å²) in [5.74, 6) is 7.57. The zero-order valence-electron chi connectivity index (χ0n) is 31.9. The summed E-state index contributed by atoms with van der Waals surface area (Å²) in [4.78, 5) is 61.7. The molecule has 6 rings (SSSR count). The molecule has 1 aromatic carbocycles. The lowest BCUT2D eigenvalue weighted by molar-refractivity contribution is 0.0763. The fourth-order valence-electron chi connectivity index (χ4n) is 6.51. The van der Waals surface area contributed by atoms with Crippen LogP contribution in [0.15, 0.2) is 47.8 Å². The van der Waals surface area contributed by atoms with Crippen molar-refractivity contribution in [3.63, 3.8) is 0 Å². The van der Waals surface area contributed by atoms with Crippen LogP contribution in [-0.2, 0) is 24.1 Å². The molecule has 15 nitrogen and oxygen atoms in total. The number of fused-ring (bicyclic) bond motifs is 2. The van der Waals surface area contributed by atoms with Gasteiger partial charge in [-0.2, -0.15) is 4.98 Å². The Hall–Kier alpha value is -6.40. The van der Waals surface area contributed by atoms with Gasteiger partial charge in [-0.25, -0.2) is 14.8 Å². The minimum atomic E-state index is -0.530. The van der Waals surface area contributed by atoms with Gasteiger partial charge in [0.15, 0.2) is 5.78 Å². The number of amidine groups is 1. The molecule has 16 heteroatoms. The van der Waals surface area contributed by atoms with E-state index < -0.39 is 6.09 Å². The van der Waals surface area contributed by atoms with Gasteiger partial charge in [0.05, 0.1) is 42.3 Å². The van der Waals surface area contributed by atoms with Crippen LogP contribution in [0.4, 0.5) is 16.6 Å². The second-order valence-corrected chi connectivity index (χ2v) is 13.9. The SMILES string of the molecule is COc1c(C)cnc(Cn2cc(C#CCCOC(=O)N(C)CCN(C)C(=O)c3ccc(CCc4c[nH]c5c4C(=O)CC(N)=N5)cc3)c3c(Cl)nc(N)nc32)c1C. The number of rotatable bonds is 12. The molecule has 5 heterocycles. The predicted molar refractivity (Wildman–Crippen MR) is 214 cm³/mol. The van der Waals surface area contributed by atoms with Crippen molar-refractivity contribution in [1.82, 2.24) is 34.3 Å². The lowest BCUT2D eigenvalue weighted by atomic mass is 9.98. The van der Waals surface area contributed by atoms with Gasteiger partial charge in [-0.05, 0) is 49.9 Å². The largest absolute Gasteiger partial charge is 0.496 e. The minimum absolute atomic E-state index is 0.0349. The molecule has 1 aliphatic heterocycles. The molecule has 1 aliphatic rings. The third-order valence-electron chi connectivity index (χ3n) is 9.56. The van der Waals surface area contributed by atoms with Crippen LogP contribution in [0.5, 0.6) is 5.75 Å². The molecule has 0 bridgehead atoms. The number of aliphatic imine (C=N–C) groups is 1. The first-order chi connectivity index (χ1) is 26.8. The lowest BCUT2D eigenvalue weighted by Crippen LogP contribution is -2.37. The number of pyridine rings is 1. The van der Waals surface area contributed by atoms with Crippen molar-refractivity contribution < 1.29 is 23.9 Å². The Morgan fingerprint density at radius 2 is 1.82 bits per heavy atom. The van der Waals surface area contributed by atoms with Crippen molar-refractivity contribution in [2.24, 2.45) is 10.7 Å². The van der Waals surface area contributed by atoms with E-state index in [1.54, 1.807) is 50.6 Å². The Balaban J connectivity index is 0.977. The average molecular weight is 779 g/mol. The van der Waals surface area contributed by atoms with Crippen LogP contribution in [0.3, 0.4) is 0 Å². The van der Waals surface area contributed by atoms with Gasteiger partial charge >= 0.3 is 6.09 Å². The maximum absolute atomic E-state index is 13.1. The number of aromatic nitrogens is 5. The number of nitrogens with one attached hydrogen (secondary N) is 1. The fraction of sp³-hybridized carbons (Fsp3) is 0.325. The van der Waals surface area contributed by atoms with Gasteiger partial charge in [0.25, 0.3) is 5.91 Å². The molecule has 56 heavy (non-hydrogen) atoms. The van der Waals surface area contributed by atoms with Gasteiger partial charge < -0.3 is 40.3 Å². The summed E-state index contributed by atoms with van der Waals surface area (Å²) in [6.45, 7) is 4.89. The highest BCUT2D eigenvalue weighted by molar-refractivity contribution is 6.34. The highest BCUT2D eigenvalue weighted by Gasteiger charge is 2.24. The number of hydrogen-bond acceptors (Lipinski definition) is 11. The number of nitrogens with two attached hydrogens (primary N) is 2. The van der Waals surface area contributed by atoms with E-state index in [2.05, 4.69) is 36.8 Å². The number of H-pyrrole nitrogens is 1. The van der Waals surface area contributed by atoms with Crippen LogP contribution in [0.1, 0.15) is 67.1 Å². The number of carbonyl (C=O) groups excluding carboxylic acids is 3. The number of carbonyl (C=O) groups is 3. The minimum Gasteiger partial charge on any atom is -0.496 e. The van der Waals surface area contributed by atoms with E-state index in [-0.39, 0.29) is 48.8 Å². The number of ketones is 1. The Morgan fingerprint density at radius 1 is 1.07 bits per heavy atom. The Kier molecular flexibility index (Phi) is 11.9. The van der Waals surface area contributed by atoms with Crippen molar-refractivity contribution in [2.45, 2.75) is 46.1 Å². The standard InChI is InChI=1S/C40H43ClN10O5/c1-23-19-44-29(24(2)34(23)55-5)22-51-21-28(33-35(41)47-39(43)48-37(33)51)8-6-7-17-56-40(54)50(4)16-15-49(3)38(53)26-12-9-25(10-13-26)11-14-27-20-45-36-32(27)30(52)18-31(42)46-36/h9-10,12-13,19-21,45H,7,11,14-18,22H2,1-5H3,(H2,42,46)(H2,43,47,48). The van der Waals surface area contributed by atoms with Crippen LogP contribution in [0.2, 0.25) is 5.15 Å². The molecule has 2 amide bonds. The topological polar surface area (TPSA) is 200 Å². The molecular weight excluding hydrogens is 736 g/mol. The molecule has 0 atom stereocenters. The molecule has 5 N–H and O–H groups in total. The van der Waals surface area contributed by atoms with E-state index in [0.29, 0.717) is 65.3 Å². The number of halogens is 1. The van der Waals surface area contributed by atoms with Crippen molar-refractivity contribution in [3.05, 3.63) is 92.6 Å². The second kappa shape index (κ2) is 17.0. The molecule has 5 aromatic rings. The first kappa shape index (κ1) is 39.3. The monoisotopic (exact) mass is 778 g/mol. The van der Waals surface area contributed by atoms with E-state index in [9.17, 15) is 14.4 Å². The molecule has 4 aromatic heterocycles. The summed E-state index contributed by atoms with van der Waals surface area (Å²) in [6.07, 6.45) is 6.58. The summed E-state index contributed by atoms with van der Waals surface area (Å²) in [5.41, 5.74) is 18.5. The van der Waals surface area contributed by atoms with E-state index in [4.69, 9.17) is 32.5 Å². The molecule has 0 saturated carbocycles. The Labute approximate surface area is 329 Å². The number of ether oxygens (including phenoxy) is 2. The lowest BCUT2D eigenvalue weighted by Gasteiger charge is -2.22. The molecule has 0 spiro atoms. The van der Waals surface area contributed by atoms with Crippen molar-refractivity contribution in [1.29, 1.82) is 0 Å². The number of likely N-dealkylation sites (N-methyl/N-ethyl adjacent to an activating group) is 2. The number of benzene rings is 1. The molecule has 0 unspecified atom stereocenters.